The molecule has 0 radical (unpaired) electrons. The number of halogens is 2. The van der Waals surface area contributed by atoms with Crippen LogP contribution in [0.15, 0.2) is 18.2 Å². The van der Waals surface area contributed by atoms with E-state index in [1.807, 2.05) is 6.07 Å². The van der Waals surface area contributed by atoms with Gasteiger partial charge in [-0.3, -0.25) is 9.80 Å². The predicted octanol–water partition coefficient (Wildman–Crippen LogP) is 3.48. The Bertz CT molecular complexity index is 448. The molecule has 0 saturated carbocycles. The molecule has 2 rings (SSSR count). The van der Waals surface area contributed by atoms with Gasteiger partial charge in [-0.25, -0.2) is 4.39 Å². The number of benzene rings is 1. The summed E-state index contributed by atoms with van der Waals surface area (Å²) in [5.74, 6) is 0.0435. The van der Waals surface area contributed by atoms with E-state index in [0.29, 0.717) is 5.56 Å². The summed E-state index contributed by atoms with van der Waals surface area (Å²) in [6, 6.07) is 5.40. The first-order chi connectivity index (χ1) is 9.40. The Balaban J connectivity index is 1.91. The maximum absolute atomic E-state index is 13.7. The predicted molar refractivity (Wildman–Crippen MR) is 82.6 cm³/mol. The molecule has 1 aliphatic rings. The molecule has 0 aromatic heterocycles. The van der Waals surface area contributed by atoms with Crippen LogP contribution >= 0.6 is 11.6 Å². The second-order valence-electron chi connectivity index (χ2n) is 6.49. The number of alkyl halides is 1. The van der Waals surface area contributed by atoms with Crippen LogP contribution in [0.1, 0.15) is 31.9 Å². The smallest absolute Gasteiger partial charge is 0.127 e. The maximum atomic E-state index is 13.7. The number of piperazine rings is 1. The lowest BCUT2D eigenvalue weighted by Crippen LogP contribution is -2.53. The van der Waals surface area contributed by atoms with Gasteiger partial charge in [0.15, 0.2) is 0 Å². The molecule has 1 aromatic rings. The Kier molecular flexibility index (Phi) is 5.05. The maximum Gasteiger partial charge on any atom is 0.127 e. The highest BCUT2D eigenvalue weighted by Gasteiger charge is 2.25. The molecule has 0 atom stereocenters. The molecule has 0 N–H and O–H groups in total. The Morgan fingerprint density at radius 1 is 1.15 bits per heavy atom. The average Bonchev–Trinajstić information content (AvgIpc) is 2.38. The molecule has 1 fully saturated rings. The fraction of sp³-hybridized carbons (Fsp3) is 0.625. The van der Waals surface area contributed by atoms with Crippen molar-refractivity contribution in [1.29, 1.82) is 0 Å². The van der Waals surface area contributed by atoms with Crippen molar-refractivity contribution in [2.75, 3.05) is 26.2 Å². The van der Waals surface area contributed by atoms with Gasteiger partial charge in [-0.15, -0.1) is 11.6 Å². The van der Waals surface area contributed by atoms with Gasteiger partial charge in [-0.1, -0.05) is 12.1 Å². The number of nitrogens with zero attached hydrogens (tertiary/aromatic N) is 2. The summed E-state index contributed by atoms with van der Waals surface area (Å²) >= 11 is 5.68. The van der Waals surface area contributed by atoms with Crippen LogP contribution in [0.25, 0.3) is 0 Å². The third-order valence-electron chi connectivity index (χ3n) is 3.99. The van der Waals surface area contributed by atoms with Crippen LogP contribution < -0.4 is 0 Å². The van der Waals surface area contributed by atoms with Crippen LogP contribution in [-0.4, -0.2) is 41.5 Å². The lowest BCUT2D eigenvalue weighted by Gasteiger charge is -2.42. The van der Waals surface area contributed by atoms with Gasteiger partial charge in [-0.2, -0.15) is 0 Å². The fourth-order valence-electron chi connectivity index (χ4n) is 2.63. The molecular formula is C16H24ClFN2. The lowest BCUT2D eigenvalue weighted by atomic mass is 10.0. The highest BCUT2D eigenvalue weighted by Crippen LogP contribution is 2.18. The third kappa shape index (κ3) is 3.94. The summed E-state index contributed by atoms with van der Waals surface area (Å²) < 4.78 is 13.7. The van der Waals surface area contributed by atoms with Crippen LogP contribution in [-0.2, 0) is 12.4 Å². The first-order valence-corrected chi connectivity index (χ1v) is 7.74. The summed E-state index contributed by atoms with van der Waals surface area (Å²) in [5, 5.41) is 0. The molecule has 2 nitrogen and oxygen atoms in total. The van der Waals surface area contributed by atoms with Crippen molar-refractivity contribution in [2.45, 2.75) is 38.7 Å². The van der Waals surface area contributed by atoms with Gasteiger partial charge >= 0.3 is 0 Å². The van der Waals surface area contributed by atoms with E-state index in [1.165, 1.54) is 0 Å². The molecule has 112 valence electrons. The van der Waals surface area contributed by atoms with Crippen molar-refractivity contribution in [3.63, 3.8) is 0 Å². The molecule has 4 heteroatoms. The second-order valence-corrected chi connectivity index (χ2v) is 6.76. The molecule has 1 saturated heterocycles. The first-order valence-electron chi connectivity index (χ1n) is 7.21. The number of hydrogen-bond acceptors (Lipinski definition) is 2. The second kappa shape index (κ2) is 6.42. The summed E-state index contributed by atoms with van der Waals surface area (Å²) in [6.45, 7) is 11.8. The zero-order chi connectivity index (χ0) is 14.8. The molecule has 1 aliphatic heterocycles. The van der Waals surface area contributed by atoms with Gasteiger partial charge in [-0.05, 0) is 32.4 Å². The van der Waals surface area contributed by atoms with Crippen molar-refractivity contribution in [1.82, 2.24) is 9.80 Å². The molecule has 0 bridgehead atoms. The van der Waals surface area contributed by atoms with Crippen LogP contribution in [0, 0.1) is 5.82 Å². The van der Waals surface area contributed by atoms with E-state index in [9.17, 15) is 4.39 Å². The third-order valence-corrected chi connectivity index (χ3v) is 4.28. The molecule has 0 unspecified atom stereocenters. The molecule has 20 heavy (non-hydrogen) atoms. The van der Waals surface area contributed by atoms with E-state index in [2.05, 4.69) is 30.6 Å². The van der Waals surface area contributed by atoms with Crippen molar-refractivity contribution in [3.05, 3.63) is 35.1 Å². The van der Waals surface area contributed by atoms with Crippen molar-refractivity contribution in [2.24, 2.45) is 0 Å². The minimum atomic E-state index is -0.189. The molecular weight excluding hydrogens is 275 g/mol. The van der Waals surface area contributed by atoms with Gasteiger partial charge in [0.25, 0.3) is 0 Å². The molecule has 0 aliphatic carbocycles. The van der Waals surface area contributed by atoms with E-state index < -0.39 is 0 Å². The highest BCUT2D eigenvalue weighted by molar-refractivity contribution is 6.17. The van der Waals surface area contributed by atoms with Gasteiger partial charge < -0.3 is 0 Å². The number of rotatable bonds is 3. The van der Waals surface area contributed by atoms with Crippen LogP contribution in [0.4, 0.5) is 4.39 Å². The SMILES string of the molecule is CC(C)(C)N1CCN(Cc2ccc(CCl)c(F)c2)CC1. The van der Waals surface area contributed by atoms with E-state index in [4.69, 9.17) is 11.6 Å². The standard InChI is InChI=1S/C16H24ClFN2/c1-16(2,3)20-8-6-19(7-9-20)12-13-4-5-14(11-17)15(18)10-13/h4-5,10H,6-9,11-12H2,1-3H3. The van der Waals surface area contributed by atoms with Crippen LogP contribution in [0.5, 0.6) is 0 Å². The van der Waals surface area contributed by atoms with E-state index in [0.717, 1.165) is 38.3 Å². The Morgan fingerprint density at radius 3 is 2.30 bits per heavy atom. The monoisotopic (exact) mass is 298 g/mol. The minimum absolute atomic E-state index is 0.189. The van der Waals surface area contributed by atoms with E-state index >= 15 is 0 Å². The normalized spacial score (nSPS) is 18.4. The van der Waals surface area contributed by atoms with E-state index in [-0.39, 0.29) is 17.2 Å². The molecule has 0 spiro atoms. The molecule has 0 amide bonds. The van der Waals surface area contributed by atoms with Crippen molar-refractivity contribution < 1.29 is 4.39 Å². The summed E-state index contributed by atoms with van der Waals surface area (Å²) in [4.78, 5) is 4.89. The summed E-state index contributed by atoms with van der Waals surface area (Å²) in [5.41, 5.74) is 1.84. The van der Waals surface area contributed by atoms with Crippen LogP contribution in [0.2, 0.25) is 0 Å². The van der Waals surface area contributed by atoms with Crippen LogP contribution in [0.3, 0.4) is 0 Å². The zero-order valence-corrected chi connectivity index (χ0v) is 13.4. The van der Waals surface area contributed by atoms with Crippen molar-refractivity contribution in [3.8, 4) is 0 Å². The number of hydrogen-bond donors (Lipinski definition) is 0. The Labute approximate surface area is 126 Å². The quantitative estimate of drug-likeness (QED) is 0.788. The largest absolute Gasteiger partial charge is 0.297 e. The Hall–Kier alpha value is -0.640. The van der Waals surface area contributed by atoms with E-state index in [1.54, 1.807) is 12.1 Å². The molecule has 1 heterocycles. The van der Waals surface area contributed by atoms with Gasteiger partial charge in [0, 0.05) is 43.8 Å². The average molecular weight is 299 g/mol. The highest BCUT2D eigenvalue weighted by atomic mass is 35.5. The van der Waals surface area contributed by atoms with Gasteiger partial charge in [0.1, 0.15) is 5.82 Å². The van der Waals surface area contributed by atoms with Gasteiger partial charge in [0.05, 0.1) is 5.88 Å². The zero-order valence-electron chi connectivity index (χ0n) is 12.6. The van der Waals surface area contributed by atoms with Crippen molar-refractivity contribution >= 4 is 11.6 Å². The lowest BCUT2D eigenvalue weighted by molar-refractivity contribution is 0.0590. The summed E-state index contributed by atoms with van der Waals surface area (Å²) in [6.07, 6.45) is 0. The minimum Gasteiger partial charge on any atom is -0.297 e. The van der Waals surface area contributed by atoms with Gasteiger partial charge in [0.2, 0.25) is 0 Å². The first kappa shape index (κ1) is 15.7. The topological polar surface area (TPSA) is 6.48 Å². The molecule has 1 aromatic carbocycles. The summed E-state index contributed by atoms with van der Waals surface area (Å²) in [7, 11) is 0. The fourth-order valence-corrected chi connectivity index (χ4v) is 2.85. The Morgan fingerprint density at radius 2 is 1.80 bits per heavy atom.